The maximum atomic E-state index is 12.2. The molecule has 1 amide bonds. The van der Waals surface area contributed by atoms with Gasteiger partial charge in [0.1, 0.15) is 0 Å². The Kier molecular flexibility index (Phi) is 5.08. The normalized spacial score (nSPS) is 21.1. The lowest BCUT2D eigenvalue weighted by Crippen LogP contribution is -2.35. The molecule has 2 aromatic rings. The summed E-state index contributed by atoms with van der Waals surface area (Å²) in [6, 6.07) is 10.00. The lowest BCUT2D eigenvalue weighted by Gasteiger charge is -2.27. The minimum absolute atomic E-state index is 0.0622. The summed E-state index contributed by atoms with van der Waals surface area (Å²) in [5.41, 5.74) is 8.11. The highest BCUT2D eigenvalue weighted by Crippen LogP contribution is 2.26. The molecular weight excluding hydrogens is 288 g/mol. The molecule has 2 atom stereocenters. The second-order valence-corrected chi connectivity index (χ2v) is 6.36. The molecule has 122 valence electrons. The summed E-state index contributed by atoms with van der Waals surface area (Å²) >= 11 is 0. The van der Waals surface area contributed by atoms with Gasteiger partial charge in [0.05, 0.1) is 6.54 Å². The van der Waals surface area contributed by atoms with Gasteiger partial charge in [-0.05, 0) is 42.5 Å². The molecule has 3 rings (SSSR count). The molecule has 5 nitrogen and oxygen atoms in total. The summed E-state index contributed by atoms with van der Waals surface area (Å²) in [7, 11) is 0. The predicted octanol–water partition coefficient (Wildman–Crippen LogP) is 2.78. The second kappa shape index (κ2) is 7.42. The van der Waals surface area contributed by atoms with E-state index in [1.165, 1.54) is 12.8 Å². The Morgan fingerprint density at radius 3 is 2.74 bits per heavy atom. The van der Waals surface area contributed by atoms with E-state index in [1.807, 2.05) is 41.2 Å². The van der Waals surface area contributed by atoms with Gasteiger partial charge in [0, 0.05) is 30.5 Å². The van der Waals surface area contributed by atoms with Crippen molar-refractivity contribution in [2.24, 2.45) is 11.7 Å². The molecule has 1 aliphatic rings. The SMILES string of the molecule is NC1CCCCC1CC(=O)Nc1ccc(Cn2cccn2)cc1. The maximum absolute atomic E-state index is 12.2. The molecule has 1 fully saturated rings. The fourth-order valence-corrected chi connectivity index (χ4v) is 3.21. The van der Waals surface area contributed by atoms with Gasteiger partial charge < -0.3 is 11.1 Å². The quantitative estimate of drug-likeness (QED) is 0.891. The van der Waals surface area contributed by atoms with Crippen LogP contribution in [-0.4, -0.2) is 21.7 Å². The Bertz CT molecular complexity index is 621. The van der Waals surface area contributed by atoms with Crippen LogP contribution >= 0.6 is 0 Å². The minimum Gasteiger partial charge on any atom is -0.327 e. The van der Waals surface area contributed by atoms with Gasteiger partial charge in [-0.3, -0.25) is 9.48 Å². The number of amides is 1. The molecule has 1 aromatic heterocycles. The average Bonchev–Trinajstić information content (AvgIpc) is 3.04. The van der Waals surface area contributed by atoms with E-state index in [-0.39, 0.29) is 11.9 Å². The lowest BCUT2D eigenvalue weighted by atomic mass is 9.83. The maximum Gasteiger partial charge on any atom is 0.224 e. The third kappa shape index (κ3) is 4.42. The summed E-state index contributed by atoms with van der Waals surface area (Å²) in [6.07, 6.45) is 8.71. The Balaban J connectivity index is 1.52. The summed E-state index contributed by atoms with van der Waals surface area (Å²) in [6.45, 7) is 0.734. The summed E-state index contributed by atoms with van der Waals surface area (Å²) in [4.78, 5) is 12.2. The number of rotatable bonds is 5. The first-order chi connectivity index (χ1) is 11.2. The van der Waals surface area contributed by atoms with Crippen molar-refractivity contribution in [3.63, 3.8) is 0 Å². The highest BCUT2D eigenvalue weighted by molar-refractivity contribution is 5.90. The van der Waals surface area contributed by atoms with Crippen LogP contribution in [0.1, 0.15) is 37.7 Å². The smallest absolute Gasteiger partial charge is 0.224 e. The molecule has 3 N–H and O–H groups in total. The molecule has 0 saturated heterocycles. The minimum atomic E-state index is 0.0622. The van der Waals surface area contributed by atoms with Crippen LogP contribution in [0.5, 0.6) is 0 Å². The molecule has 2 unspecified atom stereocenters. The van der Waals surface area contributed by atoms with Crippen molar-refractivity contribution in [2.45, 2.75) is 44.7 Å². The van der Waals surface area contributed by atoms with Crippen LogP contribution in [-0.2, 0) is 11.3 Å². The number of hydrogen-bond donors (Lipinski definition) is 2. The van der Waals surface area contributed by atoms with Crippen LogP contribution in [0.15, 0.2) is 42.7 Å². The van der Waals surface area contributed by atoms with E-state index in [0.717, 1.165) is 30.6 Å². The molecule has 1 heterocycles. The third-order valence-electron chi connectivity index (χ3n) is 4.56. The molecule has 0 aliphatic heterocycles. The predicted molar refractivity (Wildman–Crippen MR) is 91.0 cm³/mol. The molecule has 5 heteroatoms. The van der Waals surface area contributed by atoms with Gasteiger partial charge in [-0.2, -0.15) is 5.10 Å². The van der Waals surface area contributed by atoms with Crippen molar-refractivity contribution in [2.75, 3.05) is 5.32 Å². The summed E-state index contributed by atoms with van der Waals surface area (Å²) in [5.74, 6) is 0.384. The molecular formula is C18H24N4O. The van der Waals surface area contributed by atoms with Crippen LogP contribution in [0.2, 0.25) is 0 Å². The fraction of sp³-hybridized carbons (Fsp3) is 0.444. The molecule has 0 bridgehead atoms. The van der Waals surface area contributed by atoms with Gasteiger partial charge in [-0.15, -0.1) is 0 Å². The number of nitrogens with two attached hydrogens (primary N) is 1. The molecule has 0 radical (unpaired) electrons. The zero-order chi connectivity index (χ0) is 16.1. The van der Waals surface area contributed by atoms with Gasteiger partial charge in [0.15, 0.2) is 0 Å². The topological polar surface area (TPSA) is 72.9 Å². The number of nitrogens with one attached hydrogen (secondary N) is 1. The first kappa shape index (κ1) is 15.7. The van der Waals surface area contributed by atoms with E-state index >= 15 is 0 Å². The van der Waals surface area contributed by atoms with Crippen molar-refractivity contribution in [3.8, 4) is 0 Å². The zero-order valence-electron chi connectivity index (χ0n) is 13.3. The number of aromatic nitrogens is 2. The fourth-order valence-electron chi connectivity index (χ4n) is 3.21. The molecule has 1 aromatic carbocycles. The first-order valence-corrected chi connectivity index (χ1v) is 8.32. The van der Waals surface area contributed by atoms with Crippen LogP contribution < -0.4 is 11.1 Å². The number of nitrogens with zero attached hydrogens (tertiary/aromatic N) is 2. The Morgan fingerprint density at radius 2 is 2.04 bits per heavy atom. The number of anilines is 1. The third-order valence-corrected chi connectivity index (χ3v) is 4.56. The van der Waals surface area contributed by atoms with Crippen molar-refractivity contribution in [1.29, 1.82) is 0 Å². The number of benzene rings is 1. The summed E-state index contributed by atoms with van der Waals surface area (Å²) in [5, 5.41) is 7.17. The van der Waals surface area contributed by atoms with Crippen LogP contribution in [0, 0.1) is 5.92 Å². The largest absolute Gasteiger partial charge is 0.327 e. The van der Waals surface area contributed by atoms with E-state index in [2.05, 4.69) is 10.4 Å². The molecule has 1 aliphatic carbocycles. The lowest BCUT2D eigenvalue weighted by molar-refractivity contribution is -0.117. The Labute approximate surface area is 136 Å². The highest BCUT2D eigenvalue weighted by Gasteiger charge is 2.24. The second-order valence-electron chi connectivity index (χ2n) is 6.36. The van der Waals surface area contributed by atoms with Crippen LogP contribution in [0.25, 0.3) is 0 Å². The first-order valence-electron chi connectivity index (χ1n) is 8.32. The average molecular weight is 312 g/mol. The zero-order valence-corrected chi connectivity index (χ0v) is 13.3. The number of carbonyl (C=O) groups excluding carboxylic acids is 1. The van der Waals surface area contributed by atoms with E-state index in [0.29, 0.717) is 12.3 Å². The van der Waals surface area contributed by atoms with Gasteiger partial charge in [-0.25, -0.2) is 0 Å². The monoisotopic (exact) mass is 312 g/mol. The van der Waals surface area contributed by atoms with Crippen molar-refractivity contribution >= 4 is 11.6 Å². The van der Waals surface area contributed by atoms with Crippen molar-refractivity contribution < 1.29 is 4.79 Å². The van der Waals surface area contributed by atoms with Gasteiger partial charge >= 0.3 is 0 Å². The van der Waals surface area contributed by atoms with E-state index < -0.39 is 0 Å². The standard InChI is InChI=1S/C18H24N4O/c19-17-5-2-1-4-15(17)12-18(23)21-16-8-6-14(7-9-16)13-22-11-3-10-20-22/h3,6-11,15,17H,1-2,4-5,12-13,19H2,(H,21,23). The molecule has 0 spiro atoms. The van der Waals surface area contributed by atoms with Gasteiger partial charge in [0.2, 0.25) is 5.91 Å². The van der Waals surface area contributed by atoms with Crippen molar-refractivity contribution in [3.05, 3.63) is 48.3 Å². The Morgan fingerprint density at radius 1 is 1.26 bits per heavy atom. The van der Waals surface area contributed by atoms with Gasteiger partial charge in [0.25, 0.3) is 0 Å². The van der Waals surface area contributed by atoms with E-state index in [9.17, 15) is 4.79 Å². The number of carbonyl (C=O) groups is 1. The number of hydrogen-bond acceptors (Lipinski definition) is 3. The van der Waals surface area contributed by atoms with Crippen LogP contribution in [0.4, 0.5) is 5.69 Å². The highest BCUT2D eigenvalue weighted by atomic mass is 16.1. The Hall–Kier alpha value is -2.14. The summed E-state index contributed by atoms with van der Waals surface area (Å²) < 4.78 is 1.87. The van der Waals surface area contributed by atoms with Crippen molar-refractivity contribution in [1.82, 2.24) is 9.78 Å². The van der Waals surface area contributed by atoms with Gasteiger partial charge in [-0.1, -0.05) is 25.0 Å². The van der Waals surface area contributed by atoms with E-state index in [4.69, 9.17) is 5.73 Å². The van der Waals surface area contributed by atoms with E-state index in [1.54, 1.807) is 6.20 Å². The molecule has 1 saturated carbocycles. The molecule has 23 heavy (non-hydrogen) atoms. The van der Waals surface area contributed by atoms with Crippen LogP contribution in [0.3, 0.4) is 0 Å².